The molecule has 2 aliphatic rings. The van der Waals surface area contributed by atoms with Crippen molar-refractivity contribution >= 4 is 17.5 Å². The Morgan fingerprint density at radius 1 is 1.42 bits per heavy atom. The Kier molecular flexibility index (Phi) is 2.85. The zero-order chi connectivity index (χ0) is 13.4. The molecule has 0 N–H and O–H groups in total. The molecule has 1 aliphatic carbocycles. The first-order valence-corrected chi connectivity index (χ1v) is 6.05. The average molecular weight is 259 g/mol. The highest BCUT2D eigenvalue weighted by Gasteiger charge is 2.33. The summed E-state index contributed by atoms with van der Waals surface area (Å²) in [5.74, 6) is 0.0655. The van der Waals surface area contributed by atoms with E-state index in [-0.39, 0.29) is 5.69 Å². The van der Waals surface area contributed by atoms with Gasteiger partial charge < -0.3 is 0 Å². The Morgan fingerprint density at radius 3 is 2.89 bits per heavy atom. The average Bonchev–Trinajstić information content (AvgIpc) is 3.15. The third kappa shape index (κ3) is 2.38. The van der Waals surface area contributed by atoms with Crippen molar-refractivity contribution < 1.29 is 9.18 Å². The lowest BCUT2D eigenvalue weighted by atomic mass is 10.1. The van der Waals surface area contributed by atoms with Gasteiger partial charge in [-0.2, -0.15) is 5.10 Å². The normalized spacial score (nSPS) is 18.0. The van der Waals surface area contributed by atoms with Crippen molar-refractivity contribution in [2.24, 2.45) is 16.1 Å². The molecule has 1 aromatic heterocycles. The lowest BCUT2D eigenvalue weighted by Gasteiger charge is -2.15. The Morgan fingerprint density at radius 2 is 2.21 bits per heavy atom. The molecule has 6 heteroatoms. The molecule has 1 saturated carbocycles. The molecule has 1 amide bonds. The molecule has 0 atom stereocenters. The zero-order valence-corrected chi connectivity index (χ0v) is 10.4. The fourth-order valence-corrected chi connectivity index (χ4v) is 1.84. The maximum Gasteiger partial charge on any atom is 0.277 e. The topological polar surface area (TPSA) is 57.9 Å². The number of pyridine rings is 1. The van der Waals surface area contributed by atoms with E-state index in [9.17, 15) is 9.18 Å². The third-order valence-corrected chi connectivity index (χ3v) is 3.13. The monoisotopic (exact) mass is 259 g/mol. The molecule has 0 bridgehead atoms. The van der Waals surface area contributed by atoms with Crippen LogP contribution in [0.2, 0.25) is 0 Å². The van der Waals surface area contributed by atoms with Gasteiger partial charge in [-0.25, -0.2) is 4.39 Å². The van der Waals surface area contributed by atoms with Crippen LogP contribution in [-0.2, 0) is 0 Å². The Balaban J connectivity index is 1.71. The van der Waals surface area contributed by atoms with Crippen LogP contribution in [0.1, 0.15) is 23.3 Å². The molecule has 5 nitrogen and oxygen atoms in total. The van der Waals surface area contributed by atoms with Gasteiger partial charge in [-0.15, -0.1) is 5.10 Å². The second-order valence-corrected chi connectivity index (χ2v) is 4.63. The van der Waals surface area contributed by atoms with E-state index >= 15 is 0 Å². The Labute approximate surface area is 109 Å². The van der Waals surface area contributed by atoms with E-state index in [1.54, 1.807) is 13.5 Å². The number of hydrogen-bond donors (Lipinski definition) is 0. The van der Waals surface area contributed by atoms with Crippen molar-refractivity contribution in [2.75, 3.05) is 7.05 Å². The summed E-state index contributed by atoms with van der Waals surface area (Å²) in [5.41, 5.74) is 0.973. The number of carbonyl (C=O) groups is 1. The van der Waals surface area contributed by atoms with Crippen LogP contribution in [0.5, 0.6) is 0 Å². The minimum atomic E-state index is -0.487. The van der Waals surface area contributed by atoms with Crippen molar-refractivity contribution in [1.82, 2.24) is 9.88 Å². The van der Waals surface area contributed by atoms with Crippen LogP contribution in [0, 0.1) is 18.2 Å². The summed E-state index contributed by atoms with van der Waals surface area (Å²) in [6.07, 6.45) is 5.32. The van der Waals surface area contributed by atoms with Gasteiger partial charge in [0.05, 0.1) is 12.1 Å². The number of aromatic nitrogens is 1. The van der Waals surface area contributed by atoms with Gasteiger partial charge in [0.1, 0.15) is 17.3 Å². The summed E-state index contributed by atoms with van der Waals surface area (Å²) in [6, 6.07) is 2.31. The maximum atomic E-state index is 13.1. The van der Waals surface area contributed by atoms with Crippen molar-refractivity contribution in [3.8, 4) is 0 Å². The zero-order valence-electron chi connectivity index (χ0n) is 10.4. The molecule has 1 aliphatic heterocycles. The third-order valence-electron chi connectivity index (χ3n) is 3.13. The number of nitrogens with zero attached hydrogens (tertiary/aromatic N) is 4. The number of halogens is 1. The van der Waals surface area contributed by atoms with E-state index in [4.69, 9.17) is 0 Å². The highest BCUT2D eigenvalue weighted by Crippen LogP contribution is 2.33. The molecule has 2 heterocycles. The first-order chi connectivity index (χ1) is 9.15. The Bertz CT molecular complexity index is 592. The number of carbonyl (C=O) groups excluding carboxylic acids is 1. The molecule has 0 spiro atoms. The molecule has 97 valence electrons. The van der Waals surface area contributed by atoms with Crippen molar-refractivity contribution in [3.05, 3.63) is 36.3 Å². The summed E-state index contributed by atoms with van der Waals surface area (Å²) in [5, 5.41) is 8.03. The number of amides is 1. The van der Waals surface area contributed by atoms with Crippen LogP contribution in [0.25, 0.3) is 0 Å². The van der Waals surface area contributed by atoms with Gasteiger partial charge in [0.2, 0.25) is 0 Å². The van der Waals surface area contributed by atoms with Crippen molar-refractivity contribution in [2.45, 2.75) is 12.8 Å². The van der Waals surface area contributed by atoms with Crippen LogP contribution in [-0.4, -0.2) is 34.4 Å². The predicted molar refractivity (Wildman–Crippen MR) is 68.2 cm³/mol. The SMILES string of the molecule is CN(C(=O)c1cc(F)ccn1)C1=NN=C(C2CC2)[CH]1. The van der Waals surface area contributed by atoms with Gasteiger partial charge in [0, 0.05) is 19.3 Å². The lowest BCUT2D eigenvalue weighted by Crippen LogP contribution is -2.34. The van der Waals surface area contributed by atoms with E-state index in [1.807, 2.05) is 0 Å². The van der Waals surface area contributed by atoms with E-state index in [2.05, 4.69) is 15.2 Å². The van der Waals surface area contributed by atoms with Gasteiger partial charge in [-0.3, -0.25) is 14.7 Å². The standard InChI is InChI=1S/C13H12FN4O/c1-18(12-7-10(16-17-12)8-2-3-8)13(19)11-6-9(14)4-5-15-11/h4-8H,2-3H2,1H3. The fourth-order valence-electron chi connectivity index (χ4n) is 1.84. The van der Waals surface area contributed by atoms with Crippen LogP contribution in [0.4, 0.5) is 4.39 Å². The van der Waals surface area contributed by atoms with Gasteiger partial charge >= 0.3 is 0 Å². The van der Waals surface area contributed by atoms with Crippen molar-refractivity contribution in [3.63, 3.8) is 0 Å². The van der Waals surface area contributed by atoms with Crippen LogP contribution in [0.3, 0.4) is 0 Å². The van der Waals surface area contributed by atoms with Crippen LogP contribution < -0.4 is 0 Å². The maximum absolute atomic E-state index is 13.1. The van der Waals surface area contributed by atoms with Gasteiger partial charge in [-0.1, -0.05) is 0 Å². The van der Waals surface area contributed by atoms with Crippen molar-refractivity contribution in [1.29, 1.82) is 0 Å². The number of amidine groups is 1. The molecular formula is C13H12FN4O. The number of rotatable bonds is 2. The van der Waals surface area contributed by atoms with Crippen LogP contribution in [0.15, 0.2) is 28.5 Å². The molecule has 1 aromatic rings. The second kappa shape index (κ2) is 4.53. The molecule has 0 unspecified atom stereocenters. The Hall–Kier alpha value is -2.11. The summed E-state index contributed by atoms with van der Waals surface area (Å²) in [4.78, 5) is 17.3. The highest BCUT2D eigenvalue weighted by atomic mass is 19.1. The first-order valence-electron chi connectivity index (χ1n) is 6.05. The first kappa shape index (κ1) is 12.0. The van der Waals surface area contributed by atoms with Gasteiger partial charge in [0.25, 0.3) is 5.91 Å². The molecule has 19 heavy (non-hydrogen) atoms. The predicted octanol–water partition coefficient (Wildman–Crippen LogP) is 1.68. The largest absolute Gasteiger partial charge is 0.296 e. The van der Waals surface area contributed by atoms with Gasteiger partial charge in [0.15, 0.2) is 0 Å². The smallest absolute Gasteiger partial charge is 0.277 e. The van der Waals surface area contributed by atoms with E-state index in [0.29, 0.717) is 11.8 Å². The van der Waals surface area contributed by atoms with E-state index < -0.39 is 11.7 Å². The van der Waals surface area contributed by atoms with Gasteiger partial charge in [-0.05, 0) is 24.8 Å². The molecule has 1 radical (unpaired) electrons. The summed E-state index contributed by atoms with van der Waals surface area (Å²) < 4.78 is 13.1. The molecule has 3 rings (SSSR count). The van der Waals surface area contributed by atoms with E-state index in [0.717, 1.165) is 24.6 Å². The highest BCUT2D eigenvalue weighted by molar-refractivity contribution is 6.22. The van der Waals surface area contributed by atoms with Crippen LogP contribution >= 0.6 is 0 Å². The minimum Gasteiger partial charge on any atom is -0.296 e. The molecular weight excluding hydrogens is 247 g/mol. The molecule has 1 fully saturated rings. The number of hydrogen-bond acceptors (Lipinski definition) is 4. The summed E-state index contributed by atoms with van der Waals surface area (Å²) >= 11 is 0. The quantitative estimate of drug-likeness (QED) is 0.811. The summed E-state index contributed by atoms with van der Waals surface area (Å²) in [7, 11) is 1.58. The summed E-state index contributed by atoms with van der Waals surface area (Å²) in [6.45, 7) is 0. The fraction of sp³-hybridized carbons (Fsp3) is 0.308. The van der Waals surface area contributed by atoms with E-state index in [1.165, 1.54) is 17.2 Å². The minimum absolute atomic E-state index is 0.0541. The molecule has 0 saturated heterocycles. The second-order valence-electron chi connectivity index (χ2n) is 4.63. The molecule has 0 aromatic carbocycles. The lowest BCUT2D eigenvalue weighted by molar-refractivity contribution is 0.0865.